The number of aromatic amines is 1. The Labute approximate surface area is 147 Å². The number of nitrogens with one attached hydrogen (secondary N) is 3. The van der Waals surface area contributed by atoms with Crippen molar-refractivity contribution in [2.75, 3.05) is 11.9 Å². The maximum Gasteiger partial charge on any atom is 0.268 e. The maximum absolute atomic E-state index is 12.3. The first-order valence-electron chi connectivity index (χ1n) is 8.06. The molecule has 0 bridgehead atoms. The molecule has 0 spiro atoms. The zero-order valence-electron chi connectivity index (χ0n) is 15.2. The minimum Gasteiger partial charge on any atom is -0.354 e. The predicted molar refractivity (Wildman–Crippen MR) is 97.2 cm³/mol. The highest BCUT2D eigenvalue weighted by Gasteiger charge is 2.20. The van der Waals surface area contributed by atoms with Gasteiger partial charge in [0.1, 0.15) is 5.69 Å². The zero-order chi connectivity index (χ0) is 18.7. The molecule has 1 aromatic carbocycles. The van der Waals surface area contributed by atoms with E-state index >= 15 is 0 Å². The molecule has 0 atom stereocenters. The van der Waals surface area contributed by atoms with Gasteiger partial charge in [-0.3, -0.25) is 14.4 Å². The Morgan fingerprint density at radius 2 is 1.72 bits per heavy atom. The van der Waals surface area contributed by atoms with Crippen molar-refractivity contribution in [3.63, 3.8) is 0 Å². The van der Waals surface area contributed by atoms with Crippen molar-refractivity contribution in [2.24, 2.45) is 0 Å². The molecule has 0 saturated heterocycles. The highest BCUT2D eigenvalue weighted by molar-refractivity contribution is 6.04. The normalized spacial score (nSPS) is 10.4. The highest BCUT2D eigenvalue weighted by Crippen LogP contribution is 2.19. The Morgan fingerprint density at radius 1 is 1.04 bits per heavy atom. The Hall–Kier alpha value is -2.89. The Morgan fingerprint density at radius 3 is 2.32 bits per heavy atom. The Bertz CT molecular complexity index is 850. The number of H-pyrrole nitrogens is 1. The molecule has 25 heavy (non-hydrogen) atoms. The van der Waals surface area contributed by atoms with E-state index < -0.39 is 5.91 Å². The maximum atomic E-state index is 12.3. The Kier molecular flexibility index (Phi) is 5.41. The molecule has 2 amide bonds. The van der Waals surface area contributed by atoms with E-state index in [9.17, 15) is 14.4 Å². The van der Waals surface area contributed by atoms with Gasteiger partial charge in [-0.25, -0.2) is 0 Å². The summed E-state index contributed by atoms with van der Waals surface area (Å²) >= 11 is 0. The predicted octanol–water partition coefficient (Wildman–Crippen LogP) is 2.82. The van der Waals surface area contributed by atoms with E-state index in [2.05, 4.69) is 15.6 Å². The molecule has 0 saturated carbocycles. The molecule has 2 rings (SSSR count). The van der Waals surface area contributed by atoms with Crippen molar-refractivity contribution in [3.05, 3.63) is 51.8 Å². The lowest BCUT2D eigenvalue weighted by Gasteiger charge is -2.11. The van der Waals surface area contributed by atoms with Crippen LogP contribution in [-0.2, 0) is 4.79 Å². The van der Waals surface area contributed by atoms with E-state index in [0.29, 0.717) is 22.5 Å². The minimum absolute atomic E-state index is 0.0991. The SMILES string of the molecule is CC(=O)c1c(C)[nH]c(C(=O)NCC(=O)Nc2cccc(C)c2C)c1C. The number of ketones is 1. The largest absolute Gasteiger partial charge is 0.354 e. The first kappa shape index (κ1) is 18.4. The second-order valence-electron chi connectivity index (χ2n) is 6.16. The number of aryl methyl sites for hydroxylation is 2. The van der Waals surface area contributed by atoms with Crippen LogP contribution in [0.1, 0.15) is 50.2 Å². The molecule has 0 unspecified atom stereocenters. The van der Waals surface area contributed by atoms with Crippen LogP contribution in [0.25, 0.3) is 0 Å². The molecule has 132 valence electrons. The summed E-state index contributed by atoms with van der Waals surface area (Å²) in [5.41, 5.74) is 4.87. The van der Waals surface area contributed by atoms with Crippen molar-refractivity contribution in [1.29, 1.82) is 0 Å². The van der Waals surface area contributed by atoms with Crippen LogP contribution < -0.4 is 10.6 Å². The molecule has 0 radical (unpaired) electrons. The van der Waals surface area contributed by atoms with Gasteiger partial charge < -0.3 is 15.6 Å². The number of anilines is 1. The van der Waals surface area contributed by atoms with Crippen LogP contribution in [0.4, 0.5) is 5.69 Å². The van der Waals surface area contributed by atoms with E-state index in [4.69, 9.17) is 0 Å². The summed E-state index contributed by atoms with van der Waals surface area (Å²) in [5.74, 6) is -0.822. The van der Waals surface area contributed by atoms with Gasteiger partial charge in [0.15, 0.2) is 5.78 Å². The number of rotatable bonds is 5. The lowest BCUT2D eigenvalue weighted by atomic mass is 10.1. The van der Waals surface area contributed by atoms with Gasteiger partial charge in [0.05, 0.1) is 6.54 Å². The smallest absolute Gasteiger partial charge is 0.268 e. The second kappa shape index (κ2) is 7.34. The molecular weight excluding hydrogens is 318 g/mol. The Balaban J connectivity index is 2.03. The van der Waals surface area contributed by atoms with Crippen LogP contribution in [0.15, 0.2) is 18.2 Å². The topological polar surface area (TPSA) is 91.1 Å². The van der Waals surface area contributed by atoms with Crippen LogP contribution in [0, 0.1) is 27.7 Å². The van der Waals surface area contributed by atoms with Gasteiger partial charge in [-0.15, -0.1) is 0 Å². The third-order valence-corrected chi connectivity index (χ3v) is 4.30. The van der Waals surface area contributed by atoms with Crippen LogP contribution in [-0.4, -0.2) is 29.1 Å². The number of benzene rings is 1. The summed E-state index contributed by atoms with van der Waals surface area (Å²) in [4.78, 5) is 38.9. The number of hydrogen-bond acceptors (Lipinski definition) is 3. The molecule has 6 heteroatoms. The quantitative estimate of drug-likeness (QED) is 0.730. The molecule has 3 N–H and O–H groups in total. The van der Waals surface area contributed by atoms with Crippen molar-refractivity contribution in [3.8, 4) is 0 Å². The molecule has 6 nitrogen and oxygen atoms in total. The van der Waals surface area contributed by atoms with Gasteiger partial charge in [0, 0.05) is 16.9 Å². The number of carbonyl (C=O) groups excluding carboxylic acids is 3. The van der Waals surface area contributed by atoms with Gasteiger partial charge in [-0.05, 0) is 57.4 Å². The first-order chi connectivity index (χ1) is 11.7. The summed E-state index contributed by atoms with van der Waals surface area (Å²) in [6.07, 6.45) is 0. The summed E-state index contributed by atoms with van der Waals surface area (Å²) < 4.78 is 0. The molecule has 2 aromatic rings. The standard InChI is InChI=1S/C19H23N3O3/c1-10-7-6-8-15(11(10)2)22-16(24)9-20-19(25)18-12(3)17(14(5)23)13(4)21-18/h6-8,21H,9H2,1-5H3,(H,20,25)(H,22,24). The molecule has 0 aliphatic carbocycles. The zero-order valence-corrected chi connectivity index (χ0v) is 15.2. The summed E-state index contributed by atoms with van der Waals surface area (Å²) in [6.45, 7) is 8.66. The lowest BCUT2D eigenvalue weighted by molar-refractivity contribution is -0.115. The van der Waals surface area contributed by atoms with Gasteiger partial charge in [0.2, 0.25) is 5.91 Å². The number of hydrogen-bond donors (Lipinski definition) is 3. The van der Waals surface area contributed by atoms with Gasteiger partial charge in [0.25, 0.3) is 5.91 Å². The van der Waals surface area contributed by atoms with Gasteiger partial charge in [-0.2, -0.15) is 0 Å². The minimum atomic E-state index is -0.413. The second-order valence-corrected chi connectivity index (χ2v) is 6.16. The van der Waals surface area contributed by atoms with Gasteiger partial charge in [-0.1, -0.05) is 12.1 Å². The van der Waals surface area contributed by atoms with E-state index in [1.165, 1.54) is 6.92 Å². The fourth-order valence-corrected chi connectivity index (χ4v) is 2.84. The molecule has 0 fully saturated rings. The van der Waals surface area contributed by atoms with Crippen LogP contribution in [0.2, 0.25) is 0 Å². The number of Topliss-reactive ketones (excluding diaryl/α,β-unsaturated/α-hetero) is 1. The average molecular weight is 341 g/mol. The van der Waals surface area contributed by atoms with E-state index in [1.54, 1.807) is 13.8 Å². The fourth-order valence-electron chi connectivity index (χ4n) is 2.84. The highest BCUT2D eigenvalue weighted by atomic mass is 16.2. The molecule has 1 aromatic heterocycles. The van der Waals surface area contributed by atoms with Crippen molar-refractivity contribution >= 4 is 23.3 Å². The molecule has 1 heterocycles. The summed E-state index contributed by atoms with van der Waals surface area (Å²) in [7, 11) is 0. The fraction of sp³-hybridized carbons (Fsp3) is 0.316. The van der Waals surface area contributed by atoms with Crippen LogP contribution >= 0.6 is 0 Å². The number of aromatic nitrogens is 1. The number of amides is 2. The molecule has 0 aliphatic heterocycles. The van der Waals surface area contributed by atoms with Crippen molar-refractivity contribution < 1.29 is 14.4 Å². The van der Waals surface area contributed by atoms with Crippen LogP contribution in [0.5, 0.6) is 0 Å². The van der Waals surface area contributed by atoms with E-state index in [-0.39, 0.29) is 18.2 Å². The van der Waals surface area contributed by atoms with Gasteiger partial charge >= 0.3 is 0 Å². The molecule has 0 aliphatic rings. The van der Waals surface area contributed by atoms with Crippen molar-refractivity contribution in [2.45, 2.75) is 34.6 Å². The van der Waals surface area contributed by atoms with E-state index in [0.717, 1.165) is 16.8 Å². The van der Waals surface area contributed by atoms with Crippen LogP contribution in [0.3, 0.4) is 0 Å². The van der Waals surface area contributed by atoms with E-state index in [1.807, 2.05) is 32.0 Å². The first-order valence-corrected chi connectivity index (χ1v) is 8.06. The third kappa shape index (κ3) is 3.96. The lowest BCUT2D eigenvalue weighted by Crippen LogP contribution is -2.33. The third-order valence-electron chi connectivity index (χ3n) is 4.30. The van der Waals surface area contributed by atoms with Crippen molar-refractivity contribution in [1.82, 2.24) is 10.3 Å². The number of carbonyl (C=O) groups is 3. The summed E-state index contributed by atoms with van der Waals surface area (Å²) in [5, 5.41) is 5.37. The summed E-state index contributed by atoms with van der Waals surface area (Å²) in [6, 6.07) is 5.65. The average Bonchev–Trinajstić information content (AvgIpc) is 2.84. The molecular formula is C19H23N3O3. The monoisotopic (exact) mass is 341 g/mol.